The van der Waals surface area contributed by atoms with E-state index in [-0.39, 0.29) is 0 Å². The predicted octanol–water partition coefficient (Wildman–Crippen LogP) is 11.5. The molecule has 0 N–H and O–H groups in total. The monoisotopic (exact) mass is 915 g/mol. The van der Waals surface area contributed by atoms with Gasteiger partial charge in [-0.05, 0) is 76.1 Å². The second-order valence-corrected chi connectivity index (χ2v) is 21.3. The first kappa shape index (κ1) is 42.4. The SMILES string of the molecule is Cc1nc(C)nc(-c2ccc3c4ccccc4n(-c4ccc(-c5nc(-c6ccccc6)nc(-c6ccccc6)n5)c(-c5cccc([Si](c6ccccc6)(c6ccccc6)c6ccccc6)c5)c4)c3c2)n1. The van der Waals surface area contributed by atoms with E-state index in [1.807, 2.05) is 50.2 Å². The highest BCUT2D eigenvalue weighted by Gasteiger charge is 2.41. The molecule has 3 heterocycles. The summed E-state index contributed by atoms with van der Waals surface area (Å²) in [6.07, 6.45) is 0. The molecule has 0 spiro atoms. The van der Waals surface area contributed by atoms with Gasteiger partial charge in [0.15, 0.2) is 31.4 Å². The van der Waals surface area contributed by atoms with Crippen molar-refractivity contribution in [3.05, 3.63) is 248 Å². The Bertz CT molecular complexity index is 3670. The normalized spacial score (nSPS) is 11.6. The molecule has 0 atom stereocenters. The Kier molecular flexibility index (Phi) is 10.8. The Morgan fingerprint density at radius 2 is 0.771 bits per heavy atom. The molecule has 9 aromatic carbocycles. The summed E-state index contributed by atoms with van der Waals surface area (Å²) in [4.78, 5) is 29.7. The van der Waals surface area contributed by atoms with Gasteiger partial charge in [-0.25, -0.2) is 29.9 Å². The molecule has 0 unspecified atom stereocenters. The lowest BCUT2D eigenvalue weighted by Crippen LogP contribution is -2.74. The van der Waals surface area contributed by atoms with Crippen LogP contribution in [0.1, 0.15) is 11.6 Å². The third-order valence-electron chi connectivity index (χ3n) is 13.2. The summed E-state index contributed by atoms with van der Waals surface area (Å²) < 4.78 is 2.36. The molecule has 0 fully saturated rings. The minimum Gasteiger partial charge on any atom is -0.309 e. The van der Waals surface area contributed by atoms with Crippen molar-refractivity contribution in [2.45, 2.75) is 13.8 Å². The number of aryl methyl sites for hydroxylation is 2. The van der Waals surface area contributed by atoms with Crippen molar-refractivity contribution in [1.29, 1.82) is 0 Å². The van der Waals surface area contributed by atoms with Crippen LogP contribution in [0.15, 0.2) is 237 Å². The van der Waals surface area contributed by atoms with Crippen molar-refractivity contribution in [2.24, 2.45) is 0 Å². The molecular weight excluding hydrogens is 871 g/mol. The highest BCUT2D eigenvalue weighted by molar-refractivity contribution is 7.19. The Balaban J connectivity index is 1.15. The first-order valence-corrected chi connectivity index (χ1v) is 25.5. The van der Waals surface area contributed by atoms with Crippen LogP contribution in [-0.2, 0) is 0 Å². The zero-order chi connectivity index (χ0) is 47.0. The standard InChI is InChI=1S/C62H45N7Si/c1-42-63-43(2)65-61(64-42)47-35-37-54-53-33-18-19-34-57(53)69(58(54)40-47)48-36-38-55(62-67-59(44-21-8-3-9-22-44)66-60(68-62)45-23-10-4-11-24-45)56(41-48)46-25-20-32-52(39-46)70(49-26-12-5-13-27-49,50-28-14-6-15-29-50)51-30-16-7-17-31-51/h3-41H,1-2H3. The van der Waals surface area contributed by atoms with Crippen molar-refractivity contribution >= 4 is 50.6 Å². The lowest BCUT2D eigenvalue weighted by Gasteiger charge is -2.34. The van der Waals surface area contributed by atoms with Crippen molar-refractivity contribution < 1.29 is 0 Å². The fourth-order valence-corrected chi connectivity index (χ4v) is 14.9. The van der Waals surface area contributed by atoms with Crippen LogP contribution in [0.4, 0.5) is 0 Å². The number of rotatable bonds is 10. The summed E-state index contributed by atoms with van der Waals surface area (Å²) in [5.74, 6) is 3.83. The van der Waals surface area contributed by atoms with Gasteiger partial charge in [0.25, 0.3) is 0 Å². The van der Waals surface area contributed by atoms with Gasteiger partial charge in [0.1, 0.15) is 11.6 Å². The molecule has 0 saturated heterocycles. The van der Waals surface area contributed by atoms with Crippen LogP contribution in [0.5, 0.6) is 0 Å². The van der Waals surface area contributed by atoms with Gasteiger partial charge >= 0.3 is 0 Å². The third-order valence-corrected chi connectivity index (χ3v) is 18.0. The van der Waals surface area contributed by atoms with E-state index in [9.17, 15) is 0 Å². The summed E-state index contributed by atoms with van der Waals surface area (Å²) in [7, 11) is -2.92. The molecule has 12 aromatic rings. The van der Waals surface area contributed by atoms with E-state index in [0.717, 1.165) is 60.9 Å². The van der Waals surface area contributed by atoms with Gasteiger partial charge in [-0.3, -0.25) is 0 Å². The minimum atomic E-state index is -2.92. The number of fused-ring (bicyclic) bond motifs is 3. The van der Waals surface area contributed by atoms with Gasteiger partial charge < -0.3 is 4.57 Å². The highest BCUT2D eigenvalue weighted by atomic mass is 28.3. The maximum Gasteiger partial charge on any atom is 0.179 e. The lowest BCUT2D eigenvalue weighted by atomic mass is 9.98. The molecular formula is C62H45N7Si. The van der Waals surface area contributed by atoms with E-state index in [0.29, 0.717) is 34.9 Å². The van der Waals surface area contributed by atoms with Crippen LogP contribution >= 0.6 is 0 Å². The molecule has 332 valence electrons. The zero-order valence-corrected chi connectivity index (χ0v) is 39.6. The van der Waals surface area contributed by atoms with E-state index < -0.39 is 8.07 Å². The molecule has 7 nitrogen and oxygen atoms in total. The van der Waals surface area contributed by atoms with Crippen LogP contribution < -0.4 is 20.7 Å². The van der Waals surface area contributed by atoms with Crippen LogP contribution in [0.25, 0.3) is 84.2 Å². The summed E-state index contributed by atoms with van der Waals surface area (Å²) >= 11 is 0. The molecule has 8 heteroatoms. The maximum atomic E-state index is 5.31. The smallest absolute Gasteiger partial charge is 0.179 e. The Morgan fingerprint density at radius 3 is 1.36 bits per heavy atom. The Morgan fingerprint density at radius 1 is 0.300 bits per heavy atom. The first-order chi connectivity index (χ1) is 34.5. The molecule has 0 aliphatic heterocycles. The molecule has 3 aromatic heterocycles. The first-order valence-electron chi connectivity index (χ1n) is 23.5. The largest absolute Gasteiger partial charge is 0.309 e. The van der Waals surface area contributed by atoms with Crippen LogP contribution in [-0.4, -0.2) is 42.5 Å². The quantitative estimate of drug-likeness (QED) is 0.100. The van der Waals surface area contributed by atoms with Crippen LogP contribution in [0.2, 0.25) is 0 Å². The van der Waals surface area contributed by atoms with Crippen molar-refractivity contribution in [3.8, 4) is 62.4 Å². The maximum absolute atomic E-state index is 5.31. The third kappa shape index (κ3) is 7.57. The summed E-state index contributed by atoms with van der Waals surface area (Å²) in [6.45, 7) is 3.83. The van der Waals surface area contributed by atoms with Crippen molar-refractivity contribution in [3.63, 3.8) is 0 Å². The summed E-state index contributed by atoms with van der Waals surface area (Å²) in [5.41, 5.74) is 8.81. The van der Waals surface area contributed by atoms with Gasteiger partial charge in [0.05, 0.1) is 11.0 Å². The summed E-state index contributed by atoms with van der Waals surface area (Å²) in [5, 5.41) is 7.47. The number of nitrogens with zero attached hydrogens (tertiary/aromatic N) is 7. The average molecular weight is 916 g/mol. The summed E-state index contributed by atoms with van der Waals surface area (Å²) in [6, 6.07) is 84.6. The highest BCUT2D eigenvalue weighted by Crippen LogP contribution is 2.39. The molecule has 0 saturated carbocycles. The molecule has 70 heavy (non-hydrogen) atoms. The number of aromatic nitrogens is 7. The second kappa shape index (κ2) is 17.9. The van der Waals surface area contributed by atoms with Gasteiger partial charge in [-0.1, -0.05) is 206 Å². The number of hydrogen-bond acceptors (Lipinski definition) is 6. The molecule has 12 rings (SSSR count). The predicted molar refractivity (Wildman–Crippen MR) is 288 cm³/mol. The van der Waals surface area contributed by atoms with Gasteiger partial charge in [-0.2, -0.15) is 0 Å². The Hall–Kier alpha value is -8.98. The van der Waals surface area contributed by atoms with E-state index in [1.54, 1.807) is 0 Å². The van der Waals surface area contributed by atoms with E-state index >= 15 is 0 Å². The van der Waals surface area contributed by atoms with Crippen LogP contribution in [0, 0.1) is 13.8 Å². The molecule has 0 aliphatic rings. The number of hydrogen-bond donors (Lipinski definition) is 0. The van der Waals surface area contributed by atoms with Gasteiger partial charge in [-0.15, -0.1) is 0 Å². The fraction of sp³-hybridized carbons (Fsp3) is 0.0323. The average Bonchev–Trinajstić information content (AvgIpc) is 3.76. The molecule has 0 radical (unpaired) electrons. The lowest BCUT2D eigenvalue weighted by molar-refractivity contribution is 0.928. The molecule has 0 amide bonds. The van der Waals surface area contributed by atoms with Crippen molar-refractivity contribution in [2.75, 3.05) is 0 Å². The van der Waals surface area contributed by atoms with Gasteiger partial charge in [0.2, 0.25) is 0 Å². The molecule has 0 bridgehead atoms. The second-order valence-electron chi connectivity index (χ2n) is 17.5. The van der Waals surface area contributed by atoms with E-state index in [2.05, 4.69) is 210 Å². The molecule has 0 aliphatic carbocycles. The zero-order valence-electron chi connectivity index (χ0n) is 38.6. The minimum absolute atomic E-state index is 0.586. The number of benzene rings is 9. The fourth-order valence-electron chi connectivity index (χ4n) is 10.2. The Labute approximate surface area is 407 Å². The van der Waals surface area contributed by atoms with Gasteiger partial charge in [0, 0.05) is 38.7 Å². The number of para-hydroxylation sites is 1. The van der Waals surface area contributed by atoms with Crippen molar-refractivity contribution in [1.82, 2.24) is 34.5 Å². The topological polar surface area (TPSA) is 82.3 Å². The van der Waals surface area contributed by atoms with E-state index in [4.69, 9.17) is 24.9 Å². The van der Waals surface area contributed by atoms with E-state index in [1.165, 1.54) is 20.7 Å². The van der Waals surface area contributed by atoms with Crippen LogP contribution in [0.3, 0.4) is 0 Å².